The summed E-state index contributed by atoms with van der Waals surface area (Å²) in [6.07, 6.45) is 5.02. The molecule has 0 aromatic carbocycles. The molecule has 2 aliphatic rings. The summed E-state index contributed by atoms with van der Waals surface area (Å²) in [5.41, 5.74) is 0. The van der Waals surface area contributed by atoms with Gasteiger partial charge >= 0.3 is 0 Å². The van der Waals surface area contributed by atoms with E-state index in [1.807, 2.05) is 0 Å². The van der Waals surface area contributed by atoms with Crippen molar-refractivity contribution in [2.24, 2.45) is 5.92 Å². The van der Waals surface area contributed by atoms with Gasteiger partial charge < -0.3 is 4.74 Å². The van der Waals surface area contributed by atoms with E-state index in [1.54, 1.807) is 4.31 Å². The van der Waals surface area contributed by atoms with Crippen molar-refractivity contribution in [3.63, 3.8) is 0 Å². The first-order chi connectivity index (χ1) is 10.1. The van der Waals surface area contributed by atoms with Gasteiger partial charge in [-0.15, -0.1) is 0 Å². The Kier molecular flexibility index (Phi) is 6.92. The van der Waals surface area contributed by atoms with E-state index >= 15 is 0 Å². The quantitative estimate of drug-likeness (QED) is 0.668. The van der Waals surface area contributed by atoms with Gasteiger partial charge in [-0.25, -0.2) is 12.7 Å². The van der Waals surface area contributed by atoms with Crippen LogP contribution in [0.2, 0.25) is 0 Å². The molecule has 0 saturated carbocycles. The van der Waals surface area contributed by atoms with Gasteiger partial charge in [0, 0.05) is 32.7 Å². The normalized spacial score (nSPS) is 26.0. The van der Waals surface area contributed by atoms with E-state index in [2.05, 4.69) is 11.8 Å². The molecule has 21 heavy (non-hydrogen) atoms. The average Bonchev–Trinajstić information content (AvgIpc) is 2.49. The highest BCUT2D eigenvalue weighted by Crippen LogP contribution is 2.21. The molecular weight excluding hydrogens is 288 g/mol. The van der Waals surface area contributed by atoms with Gasteiger partial charge in [0.05, 0.1) is 19.0 Å². The Labute approximate surface area is 129 Å². The van der Waals surface area contributed by atoms with Gasteiger partial charge in [0.1, 0.15) is 0 Å². The average molecular weight is 318 g/mol. The van der Waals surface area contributed by atoms with Crippen LogP contribution in [0.1, 0.15) is 39.0 Å². The number of ether oxygens (including phenoxy) is 1. The summed E-state index contributed by atoms with van der Waals surface area (Å²) in [7, 11) is -3.04. The maximum Gasteiger partial charge on any atom is 0.214 e. The maximum atomic E-state index is 12.4. The molecule has 0 bridgehead atoms. The largest absolute Gasteiger partial charge is 0.379 e. The van der Waals surface area contributed by atoms with Crippen molar-refractivity contribution in [2.45, 2.75) is 39.0 Å². The van der Waals surface area contributed by atoms with Gasteiger partial charge in [-0.2, -0.15) is 0 Å². The van der Waals surface area contributed by atoms with Crippen molar-refractivity contribution in [1.29, 1.82) is 0 Å². The summed E-state index contributed by atoms with van der Waals surface area (Å²) in [6, 6.07) is 0. The van der Waals surface area contributed by atoms with Crippen molar-refractivity contribution in [3.8, 4) is 0 Å². The molecular formula is C15H30N2O3S. The second-order valence-electron chi connectivity index (χ2n) is 6.30. The molecule has 124 valence electrons. The minimum absolute atomic E-state index is 0.325. The minimum atomic E-state index is -3.04. The van der Waals surface area contributed by atoms with Crippen molar-refractivity contribution in [3.05, 3.63) is 0 Å². The standard InChI is InChI=1S/C15H30N2O3S/c1-2-3-4-12-21(18,19)17-7-5-6-15(14-17)13-16-8-10-20-11-9-16/h15H,2-14H2,1H3. The third-order valence-corrected chi connectivity index (χ3v) is 6.42. The summed E-state index contributed by atoms with van der Waals surface area (Å²) < 4.78 is 31.9. The van der Waals surface area contributed by atoms with Crippen LogP contribution in [0.15, 0.2) is 0 Å². The molecule has 1 atom stereocenters. The van der Waals surface area contributed by atoms with Crippen LogP contribution < -0.4 is 0 Å². The highest BCUT2D eigenvalue weighted by Gasteiger charge is 2.29. The molecule has 6 heteroatoms. The SMILES string of the molecule is CCCCCS(=O)(=O)N1CCCC(CN2CCOCC2)C1. The maximum absolute atomic E-state index is 12.4. The summed E-state index contributed by atoms with van der Waals surface area (Å²) in [5, 5.41) is 0. The van der Waals surface area contributed by atoms with Crippen LogP contribution in [0.5, 0.6) is 0 Å². The van der Waals surface area contributed by atoms with Gasteiger partial charge in [0.15, 0.2) is 0 Å². The lowest BCUT2D eigenvalue weighted by Gasteiger charge is -2.36. The minimum Gasteiger partial charge on any atom is -0.379 e. The molecule has 0 aromatic rings. The topological polar surface area (TPSA) is 49.9 Å². The number of nitrogens with zero attached hydrogens (tertiary/aromatic N) is 2. The highest BCUT2D eigenvalue weighted by molar-refractivity contribution is 7.89. The Morgan fingerprint density at radius 1 is 1.14 bits per heavy atom. The molecule has 0 aromatic heterocycles. The first kappa shape index (κ1) is 17.2. The molecule has 2 aliphatic heterocycles. The fourth-order valence-corrected chi connectivity index (χ4v) is 4.91. The molecule has 2 heterocycles. The summed E-state index contributed by atoms with van der Waals surface area (Å²) in [4.78, 5) is 2.42. The molecule has 0 aliphatic carbocycles. The Morgan fingerprint density at radius 2 is 1.90 bits per heavy atom. The number of hydrogen-bond acceptors (Lipinski definition) is 4. The second-order valence-corrected chi connectivity index (χ2v) is 8.39. The number of sulfonamides is 1. The van der Waals surface area contributed by atoms with Crippen LogP contribution in [0.3, 0.4) is 0 Å². The zero-order valence-corrected chi connectivity index (χ0v) is 14.1. The molecule has 0 radical (unpaired) electrons. The van der Waals surface area contributed by atoms with E-state index in [-0.39, 0.29) is 0 Å². The van der Waals surface area contributed by atoms with Crippen molar-refractivity contribution in [1.82, 2.24) is 9.21 Å². The number of morpholine rings is 1. The van der Waals surface area contributed by atoms with Crippen LogP contribution >= 0.6 is 0 Å². The molecule has 0 spiro atoms. The monoisotopic (exact) mass is 318 g/mol. The lowest BCUT2D eigenvalue weighted by Crippen LogP contribution is -2.46. The number of hydrogen-bond donors (Lipinski definition) is 0. The van der Waals surface area contributed by atoms with Gasteiger partial charge in [0.2, 0.25) is 10.0 Å². The molecule has 5 nitrogen and oxygen atoms in total. The van der Waals surface area contributed by atoms with Crippen LogP contribution in [-0.2, 0) is 14.8 Å². The predicted molar refractivity (Wildman–Crippen MR) is 84.9 cm³/mol. The summed E-state index contributed by atoms with van der Waals surface area (Å²) >= 11 is 0. The molecule has 1 unspecified atom stereocenters. The smallest absolute Gasteiger partial charge is 0.214 e. The van der Waals surface area contributed by atoms with Gasteiger partial charge in [-0.05, 0) is 25.2 Å². The van der Waals surface area contributed by atoms with Crippen LogP contribution in [-0.4, -0.2) is 69.3 Å². The van der Waals surface area contributed by atoms with E-state index in [0.29, 0.717) is 24.8 Å². The summed E-state index contributed by atoms with van der Waals surface area (Å²) in [6.45, 7) is 8.15. The zero-order valence-electron chi connectivity index (χ0n) is 13.3. The molecule has 2 rings (SSSR count). The molecule has 0 N–H and O–H groups in total. The third kappa shape index (κ3) is 5.51. The van der Waals surface area contributed by atoms with E-state index in [0.717, 1.165) is 65.0 Å². The number of rotatable bonds is 7. The lowest BCUT2D eigenvalue weighted by molar-refractivity contribution is 0.0265. The molecule has 2 saturated heterocycles. The Bertz CT molecular complexity index is 394. The summed E-state index contributed by atoms with van der Waals surface area (Å²) in [5.74, 6) is 0.809. The van der Waals surface area contributed by atoms with E-state index in [4.69, 9.17) is 4.74 Å². The van der Waals surface area contributed by atoms with E-state index in [1.165, 1.54) is 0 Å². The van der Waals surface area contributed by atoms with Gasteiger partial charge in [-0.1, -0.05) is 19.8 Å². The van der Waals surface area contributed by atoms with Gasteiger partial charge in [-0.3, -0.25) is 4.90 Å². The fraction of sp³-hybridized carbons (Fsp3) is 1.00. The molecule has 2 fully saturated rings. The first-order valence-corrected chi connectivity index (χ1v) is 10.0. The second kappa shape index (κ2) is 8.46. The lowest BCUT2D eigenvalue weighted by atomic mass is 9.99. The molecule has 0 amide bonds. The fourth-order valence-electron chi connectivity index (χ4n) is 3.24. The van der Waals surface area contributed by atoms with Crippen LogP contribution in [0, 0.1) is 5.92 Å². The zero-order chi connectivity index (χ0) is 15.1. The van der Waals surface area contributed by atoms with Crippen molar-refractivity contribution < 1.29 is 13.2 Å². The van der Waals surface area contributed by atoms with Crippen molar-refractivity contribution >= 4 is 10.0 Å². The van der Waals surface area contributed by atoms with Crippen molar-refractivity contribution in [2.75, 3.05) is 51.7 Å². The Balaban J connectivity index is 1.81. The van der Waals surface area contributed by atoms with Crippen LogP contribution in [0.4, 0.5) is 0 Å². The van der Waals surface area contributed by atoms with Gasteiger partial charge in [0.25, 0.3) is 0 Å². The Morgan fingerprint density at radius 3 is 2.62 bits per heavy atom. The Hall–Kier alpha value is -0.170. The number of unbranched alkanes of at least 4 members (excludes halogenated alkanes) is 2. The van der Waals surface area contributed by atoms with E-state index < -0.39 is 10.0 Å². The number of piperidine rings is 1. The van der Waals surface area contributed by atoms with E-state index in [9.17, 15) is 8.42 Å². The third-order valence-electron chi connectivity index (χ3n) is 4.50. The highest BCUT2D eigenvalue weighted by atomic mass is 32.2. The van der Waals surface area contributed by atoms with Crippen LogP contribution in [0.25, 0.3) is 0 Å². The predicted octanol–water partition coefficient (Wildman–Crippen LogP) is 1.55. The first-order valence-electron chi connectivity index (χ1n) is 8.39.